The maximum atomic E-state index is 11.5. The fraction of sp³-hybridized carbons (Fsp3) is 0.133. The van der Waals surface area contributed by atoms with Crippen LogP contribution in [-0.4, -0.2) is 22.4 Å². The van der Waals surface area contributed by atoms with Crippen molar-refractivity contribution < 1.29 is 24.2 Å². The first-order valence-electron chi connectivity index (χ1n) is 6.39. The van der Waals surface area contributed by atoms with Crippen LogP contribution >= 0.6 is 11.8 Å². The third-order valence-electron chi connectivity index (χ3n) is 3.17. The first-order chi connectivity index (χ1) is 10.5. The number of carbonyl (C=O) groups is 2. The normalized spacial score (nSPS) is 17.5. The molecule has 0 aliphatic carbocycles. The van der Waals surface area contributed by atoms with Crippen LogP contribution in [0.1, 0.15) is 16.1 Å². The number of carboxylic acid groups (broad SMARTS) is 1. The Balaban J connectivity index is 1.73. The fourth-order valence-electron chi connectivity index (χ4n) is 2.09. The van der Waals surface area contributed by atoms with Gasteiger partial charge in [0.1, 0.15) is 11.5 Å². The molecule has 3 rings (SSSR count). The number of nitrogens with zero attached hydrogens (tertiary/aromatic N) is 1. The summed E-state index contributed by atoms with van der Waals surface area (Å²) in [5, 5.41) is 20.8. The molecule has 0 radical (unpaired) electrons. The highest BCUT2D eigenvalue weighted by Crippen LogP contribution is 2.27. The van der Waals surface area contributed by atoms with Gasteiger partial charge < -0.3 is 19.4 Å². The van der Waals surface area contributed by atoms with Gasteiger partial charge in [0.15, 0.2) is 0 Å². The average Bonchev–Trinajstić information content (AvgIpc) is 3.06. The summed E-state index contributed by atoms with van der Waals surface area (Å²) in [6.45, 7) is 0. The molecule has 0 saturated carbocycles. The Morgan fingerprint density at radius 2 is 1.95 bits per heavy atom. The molecule has 0 spiro atoms. The van der Waals surface area contributed by atoms with Crippen LogP contribution < -0.4 is 10.2 Å². The van der Waals surface area contributed by atoms with Crippen molar-refractivity contribution in [3.8, 4) is 11.3 Å². The fourth-order valence-corrected chi connectivity index (χ4v) is 2.87. The number of carboxylic acids is 1. The number of hydrogen-bond acceptors (Lipinski definition) is 6. The summed E-state index contributed by atoms with van der Waals surface area (Å²) in [5.74, 6) is -0.559. The predicted octanol–water partition coefficient (Wildman–Crippen LogP) is 0.211. The lowest BCUT2D eigenvalue weighted by molar-refractivity contribution is -0.255. The first kappa shape index (κ1) is 14.4. The van der Waals surface area contributed by atoms with Crippen molar-refractivity contribution in [2.45, 2.75) is 11.7 Å². The van der Waals surface area contributed by atoms with E-state index in [4.69, 9.17) is 4.42 Å². The van der Waals surface area contributed by atoms with E-state index in [1.165, 1.54) is 12.1 Å². The number of amides is 1. The number of aliphatic imine (C=N–C) groups is 1. The Kier molecular flexibility index (Phi) is 3.72. The second-order valence-electron chi connectivity index (χ2n) is 4.66. The zero-order valence-electron chi connectivity index (χ0n) is 11.1. The molecule has 1 unspecified atom stereocenters. The number of rotatable bonds is 4. The van der Waals surface area contributed by atoms with E-state index in [0.29, 0.717) is 17.1 Å². The first-order valence-corrected chi connectivity index (χ1v) is 7.27. The Hall–Kier alpha value is -2.54. The molecule has 0 saturated heterocycles. The van der Waals surface area contributed by atoms with Gasteiger partial charge >= 0.3 is 0 Å². The summed E-state index contributed by atoms with van der Waals surface area (Å²) in [6.07, 6.45) is 0.288. The van der Waals surface area contributed by atoms with Gasteiger partial charge in [-0.05, 0) is 17.7 Å². The summed E-state index contributed by atoms with van der Waals surface area (Å²) >= 11 is 0.891. The minimum Gasteiger partial charge on any atom is -0.854 e. The van der Waals surface area contributed by atoms with E-state index in [0.717, 1.165) is 11.8 Å². The monoisotopic (exact) mass is 315 g/mol. The lowest BCUT2D eigenvalue weighted by Crippen LogP contribution is -2.21. The summed E-state index contributed by atoms with van der Waals surface area (Å²) in [4.78, 5) is 25.5. The summed E-state index contributed by atoms with van der Waals surface area (Å²) < 4.78 is 5.63. The van der Waals surface area contributed by atoms with Gasteiger partial charge in [0.05, 0.1) is 11.2 Å². The highest BCUT2D eigenvalue weighted by atomic mass is 32.2. The average molecular weight is 315 g/mol. The van der Waals surface area contributed by atoms with Crippen molar-refractivity contribution in [3.05, 3.63) is 47.7 Å². The standard InChI is InChI=1S/C15H11NO5S/c17-13-12(22-15(20)16-13)7-10-5-6-11(21-10)8-1-3-9(4-2-8)14(18)19/h1-6,12H,7H2,(H,18,19)(H,16,17,20)/p-2. The number of thioether (sulfide) groups is 1. The molecule has 2 aromatic rings. The van der Waals surface area contributed by atoms with Crippen LogP contribution in [0, 0.1) is 0 Å². The zero-order chi connectivity index (χ0) is 15.7. The molecular weight excluding hydrogens is 306 g/mol. The van der Waals surface area contributed by atoms with Crippen LogP contribution in [0.25, 0.3) is 11.3 Å². The van der Waals surface area contributed by atoms with Crippen molar-refractivity contribution in [1.29, 1.82) is 0 Å². The molecule has 6 nitrogen and oxygen atoms in total. The topological polar surface area (TPSA) is 106 Å². The number of furan rings is 1. The highest BCUT2D eigenvalue weighted by molar-refractivity contribution is 8.14. The molecule has 7 heteroatoms. The third-order valence-corrected chi connectivity index (χ3v) is 4.12. The summed E-state index contributed by atoms with van der Waals surface area (Å²) in [6, 6.07) is 9.54. The van der Waals surface area contributed by atoms with Crippen molar-refractivity contribution in [2.75, 3.05) is 0 Å². The lowest BCUT2D eigenvalue weighted by atomic mass is 10.1. The van der Waals surface area contributed by atoms with Crippen molar-refractivity contribution in [1.82, 2.24) is 0 Å². The van der Waals surface area contributed by atoms with E-state index in [-0.39, 0.29) is 12.0 Å². The van der Waals surface area contributed by atoms with Crippen LogP contribution in [0.4, 0.5) is 0 Å². The van der Waals surface area contributed by atoms with E-state index >= 15 is 0 Å². The molecule has 1 atom stereocenters. The number of aromatic carboxylic acids is 1. The Labute approximate surface area is 129 Å². The van der Waals surface area contributed by atoms with Crippen LogP contribution in [0.5, 0.6) is 0 Å². The quantitative estimate of drug-likeness (QED) is 0.798. The smallest absolute Gasteiger partial charge is 0.259 e. The Morgan fingerprint density at radius 1 is 1.23 bits per heavy atom. The molecule has 22 heavy (non-hydrogen) atoms. The molecule has 1 aliphatic rings. The van der Waals surface area contributed by atoms with Gasteiger partial charge in [0.2, 0.25) is 0 Å². The van der Waals surface area contributed by atoms with Gasteiger partial charge in [-0.1, -0.05) is 24.3 Å². The maximum Gasteiger partial charge on any atom is 0.259 e. The summed E-state index contributed by atoms with van der Waals surface area (Å²) in [7, 11) is 0. The minimum atomic E-state index is -1.24. The van der Waals surface area contributed by atoms with Crippen LogP contribution in [0.2, 0.25) is 0 Å². The largest absolute Gasteiger partial charge is 0.854 e. The highest BCUT2D eigenvalue weighted by Gasteiger charge is 2.25. The van der Waals surface area contributed by atoms with Gasteiger partial charge in [-0.15, -0.1) is 11.8 Å². The Bertz CT molecular complexity index is 762. The second kappa shape index (κ2) is 5.69. The SMILES string of the molecule is O=C([O-])c1ccc(-c2ccc(CC3SC([O-])=NC3=O)o2)cc1. The number of benzene rings is 1. The van der Waals surface area contributed by atoms with Gasteiger partial charge in [-0.2, -0.15) is 0 Å². The van der Waals surface area contributed by atoms with Gasteiger partial charge in [-0.3, -0.25) is 4.79 Å². The van der Waals surface area contributed by atoms with Crippen LogP contribution in [0.3, 0.4) is 0 Å². The lowest BCUT2D eigenvalue weighted by Gasteiger charge is -2.06. The van der Waals surface area contributed by atoms with E-state index in [1.807, 2.05) is 0 Å². The third kappa shape index (κ3) is 2.89. The molecule has 1 aliphatic heterocycles. The molecule has 0 fully saturated rings. The van der Waals surface area contributed by atoms with Gasteiger partial charge in [-0.25, -0.2) is 4.99 Å². The minimum absolute atomic E-state index is 0.0867. The number of carbonyl (C=O) groups excluding carboxylic acids is 2. The van der Waals surface area contributed by atoms with Crippen molar-refractivity contribution in [2.24, 2.45) is 4.99 Å². The van der Waals surface area contributed by atoms with Gasteiger partial charge in [0, 0.05) is 17.2 Å². The molecule has 0 N–H and O–H groups in total. The van der Waals surface area contributed by atoms with E-state index in [1.54, 1.807) is 24.3 Å². The molecular formula is C15H9NO5S-2. The van der Waals surface area contributed by atoms with E-state index in [9.17, 15) is 19.8 Å². The van der Waals surface area contributed by atoms with Gasteiger partial charge in [0.25, 0.3) is 5.91 Å². The molecule has 1 aromatic heterocycles. The second-order valence-corrected chi connectivity index (χ2v) is 5.81. The zero-order valence-corrected chi connectivity index (χ0v) is 12.0. The van der Waals surface area contributed by atoms with Crippen molar-refractivity contribution >= 4 is 28.9 Å². The molecule has 1 aromatic carbocycles. The molecule has 1 amide bonds. The van der Waals surface area contributed by atoms with E-state index < -0.39 is 22.4 Å². The Morgan fingerprint density at radius 3 is 2.55 bits per heavy atom. The number of hydrogen-bond donors (Lipinski definition) is 0. The van der Waals surface area contributed by atoms with Crippen LogP contribution in [0.15, 0.2) is 45.8 Å². The maximum absolute atomic E-state index is 11.5. The van der Waals surface area contributed by atoms with E-state index in [2.05, 4.69) is 4.99 Å². The molecule has 112 valence electrons. The molecule has 0 bridgehead atoms. The molecule has 2 heterocycles. The summed E-state index contributed by atoms with van der Waals surface area (Å²) in [5.41, 5.74) is 0.797. The van der Waals surface area contributed by atoms with Crippen LogP contribution in [-0.2, 0) is 11.2 Å². The predicted molar refractivity (Wildman–Crippen MR) is 76.0 cm³/mol. The van der Waals surface area contributed by atoms with Crippen molar-refractivity contribution in [3.63, 3.8) is 0 Å².